The van der Waals surface area contributed by atoms with E-state index in [9.17, 15) is 9.59 Å². The summed E-state index contributed by atoms with van der Waals surface area (Å²) in [6.07, 6.45) is 0. The summed E-state index contributed by atoms with van der Waals surface area (Å²) in [6.45, 7) is 2.13. The number of benzene rings is 2. The SMILES string of the molecule is COc1cccc(C(=O)NCCN(C(C)=O)c2ccccc2OC)c1. The van der Waals surface area contributed by atoms with Crippen LogP contribution in [-0.4, -0.2) is 39.1 Å². The molecule has 0 radical (unpaired) electrons. The van der Waals surface area contributed by atoms with E-state index < -0.39 is 0 Å². The fourth-order valence-electron chi connectivity index (χ4n) is 2.45. The van der Waals surface area contributed by atoms with Crippen LogP contribution in [0.15, 0.2) is 48.5 Å². The van der Waals surface area contributed by atoms with Crippen LogP contribution in [0.2, 0.25) is 0 Å². The van der Waals surface area contributed by atoms with Crippen LogP contribution in [0.4, 0.5) is 5.69 Å². The first-order valence-corrected chi connectivity index (χ1v) is 7.90. The number of carbonyl (C=O) groups excluding carboxylic acids is 2. The van der Waals surface area contributed by atoms with E-state index in [2.05, 4.69) is 5.32 Å². The van der Waals surface area contributed by atoms with Crippen molar-refractivity contribution in [1.29, 1.82) is 0 Å². The largest absolute Gasteiger partial charge is 0.497 e. The molecule has 2 amide bonds. The molecule has 0 aliphatic carbocycles. The van der Waals surface area contributed by atoms with Gasteiger partial charge in [-0.1, -0.05) is 18.2 Å². The summed E-state index contributed by atoms with van der Waals surface area (Å²) in [5, 5.41) is 2.81. The average molecular weight is 342 g/mol. The van der Waals surface area contributed by atoms with Gasteiger partial charge in [0.25, 0.3) is 5.91 Å². The minimum absolute atomic E-state index is 0.125. The van der Waals surface area contributed by atoms with Gasteiger partial charge in [-0.25, -0.2) is 0 Å². The van der Waals surface area contributed by atoms with Crippen molar-refractivity contribution in [2.45, 2.75) is 6.92 Å². The summed E-state index contributed by atoms with van der Waals surface area (Å²) in [5.74, 6) is 0.881. The van der Waals surface area contributed by atoms with Gasteiger partial charge < -0.3 is 19.7 Å². The molecule has 0 heterocycles. The van der Waals surface area contributed by atoms with Crippen LogP contribution in [0.3, 0.4) is 0 Å². The quantitative estimate of drug-likeness (QED) is 0.839. The zero-order chi connectivity index (χ0) is 18.2. The van der Waals surface area contributed by atoms with Gasteiger partial charge in [0.15, 0.2) is 0 Å². The van der Waals surface area contributed by atoms with E-state index in [1.807, 2.05) is 18.2 Å². The van der Waals surface area contributed by atoms with E-state index in [0.717, 1.165) is 0 Å². The van der Waals surface area contributed by atoms with Crippen LogP contribution in [0.1, 0.15) is 17.3 Å². The Kier molecular flexibility index (Phi) is 6.39. The van der Waals surface area contributed by atoms with Gasteiger partial charge in [-0.3, -0.25) is 9.59 Å². The Morgan fingerprint density at radius 1 is 1.04 bits per heavy atom. The Labute approximate surface area is 147 Å². The van der Waals surface area contributed by atoms with Crippen LogP contribution < -0.4 is 19.7 Å². The Morgan fingerprint density at radius 2 is 1.80 bits per heavy atom. The standard InChI is InChI=1S/C19H22N2O4/c1-14(22)21(17-9-4-5-10-18(17)25-3)12-11-20-19(23)15-7-6-8-16(13-15)24-2/h4-10,13H,11-12H2,1-3H3,(H,20,23). The van der Waals surface area contributed by atoms with Gasteiger partial charge in [0.1, 0.15) is 11.5 Å². The zero-order valence-corrected chi connectivity index (χ0v) is 14.6. The molecule has 2 rings (SSSR count). The van der Waals surface area contributed by atoms with Gasteiger partial charge in [0, 0.05) is 25.6 Å². The van der Waals surface area contributed by atoms with Gasteiger partial charge in [-0.2, -0.15) is 0 Å². The molecule has 1 N–H and O–H groups in total. The molecule has 0 atom stereocenters. The zero-order valence-electron chi connectivity index (χ0n) is 14.6. The maximum atomic E-state index is 12.2. The van der Waals surface area contributed by atoms with Crippen molar-refractivity contribution in [2.75, 3.05) is 32.2 Å². The number of methoxy groups -OCH3 is 2. The highest BCUT2D eigenvalue weighted by atomic mass is 16.5. The summed E-state index contributed by atoms with van der Waals surface area (Å²) in [4.78, 5) is 25.8. The molecule has 0 aliphatic heterocycles. The van der Waals surface area contributed by atoms with Crippen molar-refractivity contribution in [1.82, 2.24) is 5.32 Å². The average Bonchev–Trinajstić information content (AvgIpc) is 2.64. The van der Waals surface area contributed by atoms with Crippen LogP contribution in [0, 0.1) is 0 Å². The van der Waals surface area contributed by atoms with Gasteiger partial charge >= 0.3 is 0 Å². The number of anilines is 1. The Morgan fingerprint density at radius 3 is 2.48 bits per heavy atom. The molecule has 6 nitrogen and oxygen atoms in total. The predicted octanol–water partition coefficient (Wildman–Crippen LogP) is 2.49. The minimum Gasteiger partial charge on any atom is -0.497 e. The first kappa shape index (κ1) is 18.3. The number of ether oxygens (including phenoxy) is 2. The molecule has 6 heteroatoms. The van der Waals surface area contributed by atoms with Crippen molar-refractivity contribution in [3.8, 4) is 11.5 Å². The van der Waals surface area contributed by atoms with E-state index in [-0.39, 0.29) is 11.8 Å². The number of hydrogen-bond donors (Lipinski definition) is 1. The van der Waals surface area contributed by atoms with Crippen LogP contribution in [0.25, 0.3) is 0 Å². The lowest BCUT2D eigenvalue weighted by Crippen LogP contribution is -2.37. The second-order valence-electron chi connectivity index (χ2n) is 5.33. The number of rotatable bonds is 7. The molecular formula is C19H22N2O4. The Bertz CT molecular complexity index is 746. The first-order chi connectivity index (χ1) is 12.1. The molecule has 2 aromatic carbocycles. The maximum Gasteiger partial charge on any atom is 0.251 e. The maximum absolute atomic E-state index is 12.2. The van der Waals surface area contributed by atoms with E-state index in [4.69, 9.17) is 9.47 Å². The van der Waals surface area contributed by atoms with Gasteiger partial charge in [0.05, 0.1) is 19.9 Å². The van der Waals surface area contributed by atoms with Crippen LogP contribution in [0.5, 0.6) is 11.5 Å². The third-order valence-corrected chi connectivity index (χ3v) is 3.71. The fourth-order valence-corrected chi connectivity index (χ4v) is 2.45. The first-order valence-electron chi connectivity index (χ1n) is 7.90. The molecule has 0 aromatic heterocycles. The van der Waals surface area contributed by atoms with Crippen LogP contribution >= 0.6 is 0 Å². The molecule has 0 saturated carbocycles. The molecule has 0 bridgehead atoms. The molecule has 0 saturated heterocycles. The van der Waals surface area contributed by atoms with Crippen molar-refractivity contribution >= 4 is 17.5 Å². The van der Waals surface area contributed by atoms with E-state index in [1.165, 1.54) is 6.92 Å². The lowest BCUT2D eigenvalue weighted by molar-refractivity contribution is -0.116. The highest BCUT2D eigenvalue weighted by Gasteiger charge is 2.16. The van der Waals surface area contributed by atoms with Gasteiger partial charge in [-0.05, 0) is 30.3 Å². The van der Waals surface area contributed by atoms with Crippen LogP contribution in [-0.2, 0) is 4.79 Å². The summed E-state index contributed by atoms with van der Waals surface area (Å²) in [5.41, 5.74) is 1.18. The molecule has 2 aromatic rings. The van der Waals surface area contributed by atoms with E-state index in [1.54, 1.807) is 49.5 Å². The Balaban J connectivity index is 2.02. The molecule has 0 spiro atoms. The normalized spacial score (nSPS) is 10.0. The minimum atomic E-state index is -0.220. The molecular weight excluding hydrogens is 320 g/mol. The number of nitrogens with one attached hydrogen (secondary N) is 1. The molecule has 0 fully saturated rings. The fraction of sp³-hybridized carbons (Fsp3) is 0.263. The number of para-hydroxylation sites is 2. The lowest BCUT2D eigenvalue weighted by Gasteiger charge is -2.23. The Hall–Kier alpha value is -3.02. The summed E-state index contributed by atoms with van der Waals surface area (Å²) >= 11 is 0. The number of amides is 2. The van der Waals surface area contributed by atoms with Crippen molar-refractivity contribution in [2.24, 2.45) is 0 Å². The van der Waals surface area contributed by atoms with E-state index in [0.29, 0.717) is 35.8 Å². The predicted molar refractivity (Wildman–Crippen MR) is 96.3 cm³/mol. The third-order valence-electron chi connectivity index (χ3n) is 3.71. The van der Waals surface area contributed by atoms with Crippen molar-refractivity contribution in [3.63, 3.8) is 0 Å². The molecule has 0 unspecified atom stereocenters. The number of carbonyl (C=O) groups is 2. The summed E-state index contributed by atoms with van der Waals surface area (Å²) < 4.78 is 10.4. The number of nitrogens with zero attached hydrogens (tertiary/aromatic N) is 1. The number of hydrogen-bond acceptors (Lipinski definition) is 4. The summed E-state index contributed by atoms with van der Waals surface area (Å²) in [6, 6.07) is 14.2. The highest BCUT2D eigenvalue weighted by Crippen LogP contribution is 2.27. The third kappa shape index (κ3) is 4.73. The molecule has 25 heavy (non-hydrogen) atoms. The second kappa shape index (κ2) is 8.73. The lowest BCUT2D eigenvalue weighted by atomic mass is 10.2. The second-order valence-corrected chi connectivity index (χ2v) is 5.33. The monoisotopic (exact) mass is 342 g/mol. The molecule has 132 valence electrons. The van der Waals surface area contributed by atoms with Crippen molar-refractivity contribution in [3.05, 3.63) is 54.1 Å². The smallest absolute Gasteiger partial charge is 0.251 e. The van der Waals surface area contributed by atoms with E-state index >= 15 is 0 Å². The highest BCUT2D eigenvalue weighted by molar-refractivity contribution is 5.95. The summed E-state index contributed by atoms with van der Waals surface area (Å²) in [7, 11) is 3.11. The molecule has 0 aliphatic rings. The van der Waals surface area contributed by atoms with Gasteiger partial charge in [0.2, 0.25) is 5.91 Å². The van der Waals surface area contributed by atoms with Crippen molar-refractivity contribution < 1.29 is 19.1 Å². The van der Waals surface area contributed by atoms with Gasteiger partial charge in [-0.15, -0.1) is 0 Å². The topological polar surface area (TPSA) is 67.9 Å².